The molecule has 3 heteroatoms. The first-order chi connectivity index (χ1) is 10.8. The van der Waals surface area contributed by atoms with Crippen molar-refractivity contribution >= 4 is 0 Å². The normalized spacial score (nSPS) is 10.8. The largest absolute Gasteiger partial charge is 0.330 e. The van der Waals surface area contributed by atoms with E-state index in [9.17, 15) is 0 Å². The number of nitrogens with zero attached hydrogens (tertiary/aromatic N) is 2. The summed E-state index contributed by atoms with van der Waals surface area (Å²) in [6.45, 7) is 2.82. The first-order valence-corrected chi connectivity index (χ1v) is 7.75. The molecule has 3 rings (SSSR count). The number of aryl methyl sites for hydroxylation is 1. The molecule has 2 N–H and O–H groups in total. The Hall–Kier alpha value is -2.39. The summed E-state index contributed by atoms with van der Waals surface area (Å²) in [7, 11) is 0. The van der Waals surface area contributed by atoms with Crippen LogP contribution in [0.3, 0.4) is 0 Å². The lowest BCUT2D eigenvalue weighted by Crippen LogP contribution is -2.03. The van der Waals surface area contributed by atoms with E-state index in [-0.39, 0.29) is 0 Å². The second kappa shape index (κ2) is 6.58. The molecule has 0 amide bonds. The number of aromatic nitrogens is 2. The molecule has 0 fully saturated rings. The molecule has 0 spiro atoms. The van der Waals surface area contributed by atoms with Crippen molar-refractivity contribution in [2.45, 2.75) is 19.8 Å². The summed E-state index contributed by atoms with van der Waals surface area (Å²) in [4.78, 5) is 4.78. The molecule has 0 saturated heterocycles. The summed E-state index contributed by atoms with van der Waals surface area (Å²) in [6.07, 6.45) is 3.93. The van der Waals surface area contributed by atoms with Gasteiger partial charge in [0.25, 0.3) is 0 Å². The van der Waals surface area contributed by atoms with Gasteiger partial charge in [-0.15, -0.1) is 0 Å². The first kappa shape index (κ1) is 14.5. The zero-order valence-corrected chi connectivity index (χ0v) is 12.9. The Labute approximate surface area is 131 Å². The smallest absolute Gasteiger partial charge is 0.113 e. The molecule has 3 nitrogen and oxygen atoms in total. The number of nitrogens with two attached hydrogens (primary N) is 1. The summed E-state index contributed by atoms with van der Waals surface area (Å²) in [5.41, 5.74) is 10.2. The van der Waals surface area contributed by atoms with Crippen LogP contribution in [0.2, 0.25) is 0 Å². The molecular weight excluding hydrogens is 270 g/mol. The van der Waals surface area contributed by atoms with E-state index in [1.165, 1.54) is 5.56 Å². The second-order valence-electron chi connectivity index (χ2n) is 5.34. The maximum atomic E-state index is 5.61. The van der Waals surface area contributed by atoms with Gasteiger partial charge in [-0.1, -0.05) is 49.4 Å². The van der Waals surface area contributed by atoms with E-state index >= 15 is 0 Å². The van der Waals surface area contributed by atoms with Crippen LogP contribution in [0.4, 0.5) is 0 Å². The van der Waals surface area contributed by atoms with Crippen molar-refractivity contribution in [3.8, 4) is 16.9 Å². The van der Waals surface area contributed by atoms with Crippen LogP contribution < -0.4 is 5.73 Å². The van der Waals surface area contributed by atoms with Gasteiger partial charge in [-0.3, -0.25) is 0 Å². The lowest BCUT2D eigenvalue weighted by atomic mass is 10.1. The maximum absolute atomic E-state index is 5.61. The standard InChI is InChI=1S/C19H21N3/c1-2-19-21-18(16-6-4-3-5-7-16)14-22(19)17-10-8-15(9-11-17)12-13-20/h3-11,14H,2,12-13,20H2,1H3. The zero-order chi connectivity index (χ0) is 15.4. The van der Waals surface area contributed by atoms with E-state index in [1.807, 2.05) is 18.2 Å². The minimum absolute atomic E-state index is 0.683. The van der Waals surface area contributed by atoms with E-state index in [0.717, 1.165) is 35.6 Å². The molecule has 0 aliphatic heterocycles. The first-order valence-electron chi connectivity index (χ1n) is 7.75. The molecule has 2 aromatic carbocycles. The fraction of sp³-hybridized carbons (Fsp3) is 0.211. The second-order valence-corrected chi connectivity index (χ2v) is 5.34. The highest BCUT2D eigenvalue weighted by Gasteiger charge is 2.09. The molecule has 0 aliphatic rings. The fourth-order valence-electron chi connectivity index (χ4n) is 2.63. The third-order valence-electron chi connectivity index (χ3n) is 3.81. The van der Waals surface area contributed by atoms with Crippen LogP contribution in [-0.4, -0.2) is 16.1 Å². The van der Waals surface area contributed by atoms with Crippen LogP contribution in [-0.2, 0) is 12.8 Å². The lowest BCUT2D eigenvalue weighted by Gasteiger charge is -2.07. The van der Waals surface area contributed by atoms with Crippen LogP contribution in [0.15, 0.2) is 60.8 Å². The van der Waals surface area contributed by atoms with Crippen LogP contribution in [0.1, 0.15) is 18.3 Å². The quantitative estimate of drug-likeness (QED) is 0.780. The summed E-state index contributed by atoms with van der Waals surface area (Å²) in [5, 5.41) is 0. The maximum Gasteiger partial charge on any atom is 0.113 e. The monoisotopic (exact) mass is 291 g/mol. The van der Waals surface area contributed by atoms with Gasteiger partial charge in [0.2, 0.25) is 0 Å². The van der Waals surface area contributed by atoms with E-state index in [2.05, 4.69) is 54.1 Å². The Morgan fingerprint density at radius 1 is 1.00 bits per heavy atom. The number of hydrogen-bond donors (Lipinski definition) is 1. The Morgan fingerprint density at radius 2 is 1.73 bits per heavy atom. The van der Waals surface area contributed by atoms with Gasteiger partial charge in [0.1, 0.15) is 5.82 Å². The summed E-state index contributed by atoms with van der Waals surface area (Å²) < 4.78 is 2.18. The molecule has 3 aromatic rings. The van der Waals surface area contributed by atoms with Gasteiger partial charge >= 0.3 is 0 Å². The highest BCUT2D eigenvalue weighted by molar-refractivity contribution is 5.59. The van der Waals surface area contributed by atoms with Crippen molar-refractivity contribution in [3.05, 3.63) is 72.2 Å². The van der Waals surface area contributed by atoms with Crippen molar-refractivity contribution in [1.29, 1.82) is 0 Å². The molecular formula is C19H21N3. The van der Waals surface area contributed by atoms with Crippen LogP contribution in [0.25, 0.3) is 16.9 Å². The molecule has 0 bridgehead atoms. The average molecular weight is 291 g/mol. The highest BCUT2D eigenvalue weighted by atomic mass is 15.1. The minimum atomic E-state index is 0.683. The minimum Gasteiger partial charge on any atom is -0.330 e. The molecule has 22 heavy (non-hydrogen) atoms. The summed E-state index contributed by atoms with van der Waals surface area (Å²) in [5.74, 6) is 1.07. The highest BCUT2D eigenvalue weighted by Crippen LogP contribution is 2.22. The van der Waals surface area contributed by atoms with Crippen molar-refractivity contribution < 1.29 is 0 Å². The van der Waals surface area contributed by atoms with Crippen LogP contribution in [0, 0.1) is 0 Å². The topological polar surface area (TPSA) is 43.8 Å². The molecule has 0 atom stereocenters. The Morgan fingerprint density at radius 3 is 2.36 bits per heavy atom. The van der Waals surface area contributed by atoms with Gasteiger partial charge in [-0.25, -0.2) is 4.98 Å². The van der Waals surface area contributed by atoms with Crippen molar-refractivity contribution in [2.75, 3.05) is 6.54 Å². The summed E-state index contributed by atoms with van der Waals surface area (Å²) >= 11 is 0. The Bertz CT molecular complexity index is 727. The van der Waals surface area contributed by atoms with Gasteiger partial charge in [-0.05, 0) is 30.7 Å². The third kappa shape index (κ3) is 2.95. The van der Waals surface area contributed by atoms with E-state index < -0.39 is 0 Å². The predicted molar refractivity (Wildman–Crippen MR) is 91.1 cm³/mol. The summed E-state index contributed by atoms with van der Waals surface area (Å²) in [6, 6.07) is 18.9. The molecule has 1 aromatic heterocycles. The van der Waals surface area contributed by atoms with Gasteiger partial charge in [0, 0.05) is 23.9 Å². The van der Waals surface area contributed by atoms with Crippen molar-refractivity contribution in [3.63, 3.8) is 0 Å². The third-order valence-corrected chi connectivity index (χ3v) is 3.81. The molecule has 0 saturated carbocycles. The number of rotatable bonds is 5. The average Bonchev–Trinajstić information content (AvgIpc) is 3.01. The number of benzene rings is 2. The SMILES string of the molecule is CCc1nc(-c2ccccc2)cn1-c1ccc(CCN)cc1. The Kier molecular flexibility index (Phi) is 4.35. The van der Waals surface area contributed by atoms with Crippen molar-refractivity contribution in [1.82, 2.24) is 9.55 Å². The van der Waals surface area contributed by atoms with E-state index in [4.69, 9.17) is 10.7 Å². The van der Waals surface area contributed by atoms with Crippen LogP contribution >= 0.6 is 0 Å². The predicted octanol–water partition coefficient (Wildman–Crippen LogP) is 3.60. The van der Waals surface area contributed by atoms with E-state index in [0.29, 0.717) is 6.54 Å². The molecule has 1 heterocycles. The molecule has 0 radical (unpaired) electrons. The molecule has 0 unspecified atom stereocenters. The molecule has 112 valence electrons. The van der Waals surface area contributed by atoms with Gasteiger partial charge < -0.3 is 10.3 Å². The van der Waals surface area contributed by atoms with Crippen molar-refractivity contribution in [2.24, 2.45) is 5.73 Å². The number of hydrogen-bond acceptors (Lipinski definition) is 2. The van der Waals surface area contributed by atoms with Crippen LogP contribution in [0.5, 0.6) is 0 Å². The molecule has 0 aliphatic carbocycles. The van der Waals surface area contributed by atoms with Gasteiger partial charge in [0.05, 0.1) is 5.69 Å². The lowest BCUT2D eigenvalue weighted by molar-refractivity contribution is 0.889. The zero-order valence-electron chi connectivity index (χ0n) is 12.9. The fourth-order valence-corrected chi connectivity index (χ4v) is 2.63. The van der Waals surface area contributed by atoms with E-state index in [1.54, 1.807) is 0 Å². The number of imidazole rings is 1. The van der Waals surface area contributed by atoms with Gasteiger partial charge in [0.15, 0.2) is 0 Å². The van der Waals surface area contributed by atoms with Gasteiger partial charge in [-0.2, -0.15) is 0 Å². The Balaban J connectivity index is 1.98.